The molecule has 2 rings (SSSR count). The third kappa shape index (κ3) is 13.0. The Bertz CT molecular complexity index is 916. The Morgan fingerprint density at radius 1 is 0.568 bits per heavy atom. The van der Waals surface area contributed by atoms with Crippen molar-refractivity contribution in [2.45, 2.75) is 0 Å². The number of aliphatic hydroxyl groups excluding tert-OH is 2. The van der Waals surface area contributed by atoms with Gasteiger partial charge in [-0.3, -0.25) is 0 Å². The molecule has 0 atom stereocenters. The van der Waals surface area contributed by atoms with Crippen molar-refractivity contribution >= 4 is 23.9 Å². The number of hydrogen-bond acceptors (Lipinski definition) is 12. The molecule has 0 spiro atoms. The second-order valence-corrected chi connectivity index (χ2v) is 6.61. The van der Waals surface area contributed by atoms with Crippen molar-refractivity contribution in [1.29, 1.82) is 0 Å². The largest absolute Gasteiger partial charge is 2.00 e. The molecule has 2 aromatic rings. The Labute approximate surface area is 223 Å². The first-order valence-electron chi connectivity index (χ1n) is 10.7. The van der Waals surface area contributed by atoms with Crippen molar-refractivity contribution in [2.75, 3.05) is 52.9 Å². The summed E-state index contributed by atoms with van der Waals surface area (Å²) in [5.74, 6) is -4.36. The van der Waals surface area contributed by atoms with Crippen LogP contribution < -0.4 is 10.2 Å². The molecule has 0 aromatic heterocycles. The van der Waals surface area contributed by atoms with Gasteiger partial charge in [-0.1, -0.05) is 36.4 Å². The third-order valence-corrected chi connectivity index (χ3v) is 4.13. The van der Waals surface area contributed by atoms with Crippen LogP contribution >= 0.6 is 0 Å². The van der Waals surface area contributed by atoms with Crippen molar-refractivity contribution < 1.29 is 75.6 Å². The normalized spacial score (nSPS) is 9.78. The molecule has 0 fully saturated rings. The number of aliphatic hydroxyl groups is 2. The van der Waals surface area contributed by atoms with Crippen molar-refractivity contribution in [3.8, 4) is 0 Å². The number of hydrogen-bond donors (Lipinski definition) is 2. The van der Waals surface area contributed by atoms with E-state index < -0.39 is 23.9 Å². The number of carboxylic acid groups (broad SMARTS) is 2. The van der Waals surface area contributed by atoms with E-state index in [1.807, 2.05) is 0 Å². The predicted octanol–water partition coefficient (Wildman–Crippen LogP) is -1.57. The van der Waals surface area contributed by atoms with Gasteiger partial charge in [0.15, 0.2) is 0 Å². The van der Waals surface area contributed by atoms with E-state index in [1.54, 1.807) is 0 Å². The van der Waals surface area contributed by atoms with Gasteiger partial charge in [-0.2, -0.15) is 0 Å². The van der Waals surface area contributed by atoms with Crippen molar-refractivity contribution in [3.05, 3.63) is 70.8 Å². The minimum atomic E-state index is -1.43. The zero-order valence-electron chi connectivity index (χ0n) is 19.6. The molecule has 0 unspecified atom stereocenters. The summed E-state index contributed by atoms with van der Waals surface area (Å²) in [7, 11) is 0. The summed E-state index contributed by atoms with van der Waals surface area (Å²) >= 11 is 0. The molecule has 2 N–H and O–H groups in total. The predicted molar refractivity (Wildman–Crippen MR) is 118 cm³/mol. The van der Waals surface area contributed by atoms with E-state index in [1.165, 1.54) is 48.5 Å². The van der Waals surface area contributed by atoms with Crippen LogP contribution in [0.15, 0.2) is 48.5 Å². The SMILES string of the molecule is O=C([O-])c1ccccc1C(=O)OCCOCCO.O=C([O-])c1ccccc1C(=O)OCCOCCO.[Cu+2]. The summed E-state index contributed by atoms with van der Waals surface area (Å²) in [6, 6.07) is 11.3. The number of ether oxygens (including phenoxy) is 4. The van der Waals surface area contributed by atoms with E-state index in [-0.39, 0.29) is 92.2 Å². The van der Waals surface area contributed by atoms with Crippen LogP contribution in [0.5, 0.6) is 0 Å². The molecule has 0 saturated carbocycles. The maximum atomic E-state index is 11.6. The molecule has 1 radical (unpaired) electrons. The van der Waals surface area contributed by atoms with Gasteiger partial charge in [0.1, 0.15) is 13.2 Å². The molecule has 0 heterocycles. The zero-order valence-corrected chi connectivity index (χ0v) is 20.5. The third-order valence-electron chi connectivity index (χ3n) is 4.13. The molecule has 0 aliphatic carbocycles. The van der Waals surface area contributed by atoms with Crippen molar-refractivity contribution in [1.82, 2.24) is 0 Å². The van der Waals surface area contributed by atoms with Gasteiger partial charge in [-0.05, 0) is 12.1 Å². The summed E-state index contributed by atoms with van der Waals surface area (Å²) in [5, 5.41) is 38.4. The van der Waals surface area contributed by atoms with E-state index >= 15 is 0 Å². The Morgan fingerprint density at radius 2 is 0.892 bits per heavy atom. The van der Waals surface area contributed by atoms with Crippen LogP contribution in [0.25, 0.3) is 0 Å². The minimum absolute atomic E-state index is 0. The standard InChI is InChI=1S/2C12H14O6.Cu/c2*13-5-6-17-7-8-18-12(16)10-4-2-1-3-9(10)11(14)15;/h2*1-4,13H,5-8H2,(H,14,15);/q;;+2/p-2. The summed E-state index contributed by atoms with van der Waals surface area (Å²) in [6.07, 6.45) is 0. The Kier molecular flexibility index (Phi) is 18.0. The number of aromatic carboxylic acids is 2. The average molecular weight is 570 g/mol. The van der Waals surface area contributed by atoms with Crippen LogP contribution in [0, 0.1) is 0 Å². The van der Waals surface area contributed by atoms with E-state index in [9.17, 15) is 29.4 Å². The number of rotatable bonds is 14. The van der Waals surface area contributed by atoms with Gasteiger partial charge < -0.3 is 49.0 Å². The summed E-state index contributed by atoms with van der Waals surface area (Å²) in [5.41, 5.74) is -0.531. The Morgan fingerprint density at radius 3 is 1.19 bits per heavy atom. The fourth-order valence-electron chi connectivity index (χ4n) is 2.55. The first-order chi connectivity index (χ1) is 17.3. The first kappa shape index (κ1) is 33.7. The monoisotopic (exact) mass is 569 g/mol. The van der Waals surface area contributed by atoms with Crippen LogP contribution in [0.4, 0.5) is 0 Å². The summed E-state index contributed by atoms with van der Waals surface area (Å²) in [6.45, 7) is 0.350. The van der Waals surface area contributed by atoms with Crippen molar-refractivity contribution in [2.24, 2.45) is 0 Å². The smallest absolute Gasteiger partial charge is 0.545 e. The fraction of sp³-hybridized carbons (Fsp3) is 0.333. The average Bonchev–Trinajstić information content (AvgIpc) is 2.88. The fourth-order valence-corrected chi connectivity index (χ4v) is 2.55. The maximum Gasteiger partial charge on any atom is 2.00 e. The van der Waals surface area contributed by atoms with Gasteiger partial charge in [0.05, 0.1) is 62.7 Å². The van der Waals surface area contributed by atoms with Crippen LogP contribution in [-0.2, 0) is 36.0 Å². The van der Waals surface area contributed by atoms with Crippen LogP contribution in [0.1, 0.15) is 41.4 Å². The van der Waals surface area contributed by atoms with Crippen molar-refractivity contribution in [3.63, 3.8) is 0 Å². The Hall–Kier alpha value is -3.32. The zero-order chi connectivity index (χ0) is 26.8. The molecule has 2 aromatic carbocycles. The topological polar surface area (TPSA) is 192 Å². The van der Waals surface area contributed by atoms with Gasteiger partial charge in [-0.25, -0.2) is 9.59 Å². The van der Waals surface area contributed by atoms with E-state index in [0.29, 0.717) is 0 Å². The second kappa shape index (κ2) is 19.8. The van der Waals surface area contributed by atoms with Gasteiger partial charge >= 0.3 is 29.0 Å². The van der Waals surface area contributed by atoms with Gasteiger partial charge in [-0.15, -0.1) is 0 Å². The summed E-state index contributed by atoms with van der Waals surface area (Å²) in [4.78, 5) is 44.7. The molecule has 0 bridgehead atoms. The molecule has 13 heteroatoms. The van der Waals surface area contributed by atoms with Crippen LogP contribution in [0.2, 0.25) is 0 Å². The number of benzene rings is 2. The molecule has 205 valence electrons. The number of esters is 2. The second-order valence-electron chi connectivity index (χ2n) is 6.61. The number of carbonyl (C=O) groups is 4. The minimum Gasteiger partial charge on any atom is -0.545 e. The van der Waals surface area contributed by atoms with Crippen LogP contribution in [-0.4, -0.2) is 86.9 Å². The van der Waals surface area contributed by atoms with Gasteiger partial charge in [0.25, 0.3) is 0 Å². The van der Waals surface area contributed by atoms with Gasteiger partial charge in [0, 0.05) is 11.1 Å². The number of carbonyl (C=O) groups excluding carboxylic acids is 4. The first-order valence-corrected chi connectivity index (χ1v) is 10.7. The number of carboxylic acids is 2. The molecule has 0 saturated heterocycles. The molecule has 0 aliphatic heterocycles. The van der Waals surface area contributed by atoms with Crippen LogP contribution in [0.3, 0.4) is 0 Å². The Balaban J connectivity index is 0.000000682. The van der Waals surface area contributed by atoms with Gasteiger partial charge in [0.2, 0.25) is 0 Å². The molecule has 37 heavy (non-hydrogen) atoms. The molecular weight excluding hydrogens is 544 g/mol. The van der Waals surface area contributed by atoms with E-state index in [4.69, 9.17) is 29.2 Å². The molecular formula is C24H26CuO12. The van der Waals surface area contributed by atoms with E-state index in [0.717, 1.165) is 0 Å². The quantitative estimate of drug-likeness (QED) is 0.151. The van der Waals surface area contributed by atoms with E-state index in [2.05, 4.69) is 0 Å². The molecule has 0 amide bonds. The molecule has 0 aliphatic rings. The molecule has 12 nitrogen and oxygen atoms in total. The summed E-state index contributed by atoms with van der Waals surface area (Å²) < 4.78 is 19.4. The maximum absolute atomic E-state index is 11.6.